The summed E-state index contributed by atoms with van der Waals surface area (Å²) in [5.41, 5.74) is 7.49. The van der Waals surface area contributed by atoms with Crippen LogP contribution in [0.2, 0.25) is 0 Å². The van der Waals surface area contributed by atoms with E-state index in [1.54, 1.807) is 10.9 Å². The highest BCUT2D eigenvalue weighted by Crippen LogP contribution is 2.17. The third-order valence-electron chi connectivity index (χ3n) is 3.05. The van der Waals surface area contributed by atoms with Crippen molar-refractivity contribution in [1.82, 2.24) is 15.1 Å². The molecule has 1 atom stereocenters. The summed E-state index contributed by atoms with van der Waals surface area (Å²) in [5, 5.41) is 7.06. The van der Waals surface area contributed by atoms with Crippen LogP contribution in [0.4, 0.5) is 5.69 Å². The minimum Gasteiger partial charge on any atom is -0.396 e. The Kier molecular flexibility index (Phi) is 4.44. The van der Waals surface area contributed by atoms with Crippen molar-refractivity contribution >= 4 is 27.5 Å². The van der Waals surface area contributed by atoms with E-state index in [4.69, 9.17) is 5.73 Å². The lowest BCUT2D eigenvalue weighted by molar-refractivity contribution is 0.0935. The molecule has 0 spiro atoms. The Morgan fingerprint density at radius 3 is 2.65 bits per heavy atom. The third kappa shape index (κ3) is 3.19. The van der Waals surface area contributed by atoms with Gasteiger partial charge in [0.2, 0.25) is 0 Å². The summed E-state index contributed by atoms with van der Waals surface area (Å²) in [5.74, 6) is -0.259. The number of carbonyl (C=O) groups excluding carboxylic acids is 1. The predicted molar refractivity (Wildman–Crippen MR) is 82.3 cm³/mol. The number of anilines is 1. The van der Waals surface area contributed by atoms with Crippen LogP contribution in [0.5, 0.6) is 0 Å². The molecular formula is C14H17BrN4O. The predicted octanol–water partition coefficient (Wildman–Crippen LogP) is 2.74. The van der Waals surface area contributed by atoms with Gasteiger partial charge in [-0.15, -0.1) is 0 Å². The summed E-state index contributed by atoms with van der Waals surface area (Å²) in [4.78, 5) is 12.2. The highest BCUT2D eigenvalue weighted by atomic mass is 79.9. The topological polar surface area (TPSA) is 72.9 Å². The number of nitrogens with zero attached hydrogens (tertiary/aromatic N) is 2. The molecule has 20 heavy (non-hydrogen) atoms. The molecule has 106 valence electrons. The fourth-order valence-corrected chi connectivity index (χ4v) is 2.14. The first-order valence-corrected chi connectivity index (χ1v) is 7.19. The largest absolute Gasteiger partial charge is 0.396 e. The molecule has 0 aliphatic rings. The molecule has 6 heteroatoms. The number of hydrogen-bond donors (Lipinski definition) is 2. The van der Waals surface area contributed by atoms with Gasteiger partial charge in [0.1, 0.15) is 0 Å². The minimum atomic E-state index is -0.259. The molecule has 3 N–H and O–H groups in total. The smallest absolute Gasteiger partial charge is 0.274 e. The highest BCUT2D eigenvalue weighted by molar-refractivity contribution is 9.10. The Morgan fingerprint density at radius 2 is 2.10 bits per heavy atom. The molecule has 5 nitrogen and oxygen atoms in total. The van der Waals surface area contributed by atoms with E-state index in [-0.39, 0.29) is 17.6 Å². The van der Waals surface area contributed by atoms with Gasteiger partial charge in [0.05, 0.1) is 11.7 Å². The van der Waals surface area contributed by atoms with Gasteiger partial charge in [-0.2, -0.15) is 5.10 Å². The second-order valence-corrected chi connectivity index (χ2v) is 5.45. The molecule has 0 saturated carbocycles. The number of halogens is 1. The summed E-state index contributed by atoms with van der Waals surface area (Å²) in [6, 6.07) is 7.70. The van der Waals surface area contributed by atoms with Gasteiger partial charge < -0.3 is 11.1 Å². The zero-order chi connectivity index (χ0) is 14.7. The number of nitrogens with one attached hydrogen (secondary N) is 1. The quantitative estimate of drug-likeness (QED) is 0.901. The zero-order valence-electron chi connectivity index (χ0n) is 11.4. The summed E-state index contributed by atoms with van der Waals surface area (Å²) >= 11 is 3.39. The molecule has 0 radical (unpaired) electrons. The van der Waals surface area contributed by atoms with Crippen molar-refractivity contribution < 1.29 is 4.79 Å². The van der Waals surface area contributed by atoms with Crippen LogP contribution in [0.3, 0.4) is 0 Å². The molecular weight excluding hydrogens is 320 g/mol. The molecule has 1 aromatic heterocycles. The molecule has 0 bridgehead atoms. The Bertz CT molecular complexity index is 606. The lowest BCUT2D eigenvalue weighted by atomic mass is 10.1. The number of rotatable bonds is 4. The second kappa shape index (κ2) is 6.09. The maximum absolute atomic E-state index is 12.2. The van der Waals surface area contributed by atoms with Gasteiger partial charge in [-0.1, -0.05) is 28.1 Å². The Balaban J connectivity index is 2.10. The fraction of sp³-hybridized carbons (Fsp3) is 0.286. The van der Waals surface area contributed by atoms with Crippen LogP contribution in [-0.4, -0.2) is 15.7 Å². The number of benzene rings is 1. The fourth-order valence-electron chi connectivity index (χ4n) is 1.88. The maximum atomic E-state index is 12.2. The van der Waals surface area contributed by atoms with Gasteiger partial charge in [0.25, 0.3) is 5.91 Å². The number of nitrogens with two attached hydrogens (primary N) is 1. The van der Waals surface area contributed by atoms with Gasteiger partial charge >= 0.3 is 0 Å². The number of amides is 1. The Morgan fingerprint density at radius 1 is 1.45 bits per heavy atom. The van der Waals surface area contributed by atoms with Crippen LogP contribution in [0.15, 0.2) is 34.9 Å². The van der Waals surface area contributed by atoms with Crippen LogP contribution in [0.1, 0.15) is 35.9 Å². The Hall–Kier alpha value is -1.82. The third-order valence-corrected chi connectivity index (χ3v) is 3.58. The monoisotopic (exact) mass is 336 g/mol. The highest BCUT2D eigenvalue weighted by Gasteiger charge is 2.17. The first kappa shape index (κ1) is 14.6. The normalized spacial score (nSPS) is 12.2. The van der Waals surface area contributed by atoms with E-state index in [9.17, 15) is 4.79 Å². The van der Waals surface area contributed by atoms with Crippen molar-refractivity contribution in [2.75, 3.05) is 5.73 Å². The molecule has 0 fully saturated rings. The van der Waals surface area contributed by atoms with Crippen molar-refractivity contribution in [2.24, 2.45) is 0 Å². The van der Waals surface area contributed by atoms with Crippen LogP contribution >= 0.6 is 15.9 Å². The SMILES string of the molecule is CCn1cc(N)c(C(=O)NC(C)c2ccc(Br)cc2)n1. The molecule has 0 aliphatic heterocycles. The first-order chi connectivity index (χ1) is 9.51. The minimum absolute atomic E-state index is 0.109. The molecule has 2 aromatic rings. The zero-order valence-corrected chi connectivity index (χ0v) is 13.0. The molecule has 1 amide bonds. The van der Waals surface area contributed by atoms with Gasteiger partial charge in [-0.25, -0.2) is 0 Å². The average molecular weight is 337 g/mol. The van der Waals surface area contributed by atoms with E-state index in [1.165, 1.54) is 0 Å². The average Bonchev–Trinajstić information content (AvgIpc) is 2.80. The lowest BCUT2D eigenvalue weighted by Crippen LogP contribution is -2.27. The number of aryl methyl sites for hydroxylation is 1. The summed E-state index contributed by atoms with van der Waals surface area (Å²) in [7, 11) is 0. The van der Waals surface area contributed by atoms with Crippen molar-refractivity contribution in [2.45, 2.75) is 26.4 Å². The summed E-state index contributed by atoms with van der Waals surface area (Å²) in [6.07, 6.45) is 1.67. The maximum Gasteiger partial charge on any atom is 0.274 e. The van der Waals surface area contributed by atoms with E-state index < -0.39 is 0 Å². The molecule has 1 heterocycles. The van der Waals surface area contributed by atoms with Crippen molar-refractivity contribution in [3.8, 4) is 0 Å². The van der Waals surface area contributed by atoms with Gasteiger partial charge in [-0.05, 0) is 31.5 Å². The van der Waals surface area contributed by atoms with Gasteiger partial charge in [0, 0.05) is 17.2 Å². The van der Waals surface area contributed by atoms with Gasteiger partial charge in [-0.3, -0.25) is 9.48 Å². The first-order valence-electron chi connectivity index (χ1n) is 6.40. The lowest BCUT2D eigenvalue weighted by Gasteiger charge is -2.13. The van der Waals surface area contributed by atoms with Crippen LogP contribution in [0, 0.1) is 0 Å². The van der Waals surface area contributed by atoms with Crippen LogP contribution in [-0.2, 0) is 6.54 Å². The van der Waals surface area contributed by atoms with Gasteiger partial charge in [0.15, 0.2) is 5.69 Å². The van der Waals surface area contributed by atoms with Crippen LogP contribution in [0.25, 0.3) is 0 Å². The van der Waals surface area contributed by atoms with Crippen LogP contribution < -0.4 is 11.1 Å². The van der Waals surface area contributed by atoms with E-state index in [0.29, 0.717) is 12.2 Å². The van der Waals surface area contributed by atoms with Crippen molar-refractivity contribution in [1.29, 1.82) is 0 Å². The molecule has 0 saturated heterocycles. The number of carbonyl (C=O) groups is 1. The molecule has 1 unspecified atom stereocenters. The van der Waals surface area contributed by atoms with E-state index in [0.717, 1.165) is 10.0 Å². The second-order valence-electron chi connectivity index (χ2n) is 4.54. The molecule has 1 aromatic carbocycles. The summed E-state index contributed by atoms with van der Waals surface area (Å²) < 4.78 is 2.65. The number of nitrogen functional groups attached to an aromatic ring is 1. The van der Waals surface area contributed by atoms with E-state index in [2.05, 4.69) is 26.3 Å². The standard InChI is InChI=1S/C14H17BrN4O/c1-3-19-8-12(16)13(18-19)14(20)17-9(2)10-4-6-11(15)7-5-10/h4-9H,3,16H2,1-2H3,(H,17,20). The number of aromatic nitrogens is 2. The van der Waals surface area contributed by atoms with Crippen molar-refractivity contribution in [3.05, 3.63) is 46.2 Å². The Labute approximate surface area is 126 Å². The summed E-state index contributed by atoms with van der Waals surface area (Å²) in [6.45, 7) is 4.55. The van der Waals surface area contributed by atoms with E-state index in [1.807, 2.05) is 38.1 Å². The molecule has 0 aliphatic carbocycles. The van der Waals surface area contributed by atoms with Crippen molar-refractivity contribution in [3.63, 3.8) is 0 Å². The molecule has 2 rings (SSSR count). The van der Waals surface area contributed by atoms with E-state index >= 15 is 0 Å². The number of hydrogen-bond acceptors (Lipinski definition) is 3.